The smallest absolute Gasteiger partial charge is 0.0839 e. The molecule has 0 spiro atoms. The van der Waals surface area contributed by atoms with E-state index < -0.39 is 3.79 Å². The fourth-order valence-corrected chi connectivity index (χ4v) is 1.50. The van der Waals surface area contributed by atoms with Crippen molar-refractivity contribution in [3.05, 3.63) is 34.9 Å². The van der Waals surface area contributed by atoms with Crippen molar-refractivity contribution in [3.8, 4) is 0 Å². The minimum absolute atomic E-state index is 0.434. The van der Waals surface area contributed by atoms with Gasteiger partial charge >= 0.3 is 0 Å². The highest BCUT2D eigenvalue weighted by Crippen LogP contribution is 2.41. The molecule has 0 amide bonds. The average molecular weight is 229 g/mol. The molecule has 0 atom stereocenters. The summed E-state index contributed by atoms with van der Waals surface area (Å²) in [5.41, 5.74) is 0.451. The van der Waals surface area contributed by atoms with E-state index in [0.717, 1.165) is 0 Å². The molecule has 11 heavy (non-hydrogen) atoms. The largest absolute Gasteiger partial charge is 0.217 e. The van der Waals surface area contributed by atoms with Gasteiger partial charge in [-0.2, -0.15) is 0 Å². The van der Waals surface area contributed by atoms with Gasteiger partial charge in [0.2, 0.25) is 3.79 Å². The maximum Gasteiger partial charge on any atom is 0.217 e. The first-order chi connectivity index (χ1) is 5.02. The molecule has 0 aliphatic carbocycles. The van der Waals surface area contributed by atoms with E-state index in [1.165, 1.54) is 0 Å². The fraction of sp³-hybridized carbons (Fsp3) is 0.143. The third kappa shape index (κ3) is 2.41. The maximum atomic E-state index is 5.74. The summed E-state index contributed by atoms with van der Waals surface area (Å²) in [4.78, 5) is 0. The van der Waals surface area contributed by atoms with Gasteiger partial charge < -0.3 is 0 Å². The second-order valence-corrected chi connectivity index (χ2v) is 4.59. The minimum Gasteiger partial charge on any atom is -0.0839 e. The number of alkyl halides is 3. The molecule has 0 saturated heterocycles. The van der Waals surface area contributed by atoms with Gasteiger partial charge in [-0.05, 0) is 18.2 Å². The van der Waals surface area contributed by atoms with Crippen molar-refractivity contribution >= 4 is 46.4 Å². The van der Waals surface area contributed by atoms with E-state index in [4.69, 9.17) is 46.4 Å². The Morgan fingerprint density at radius 1 is 1.27 bits per heavy atom. The molecule has 0 N–H and O–H groups in total. The van der Waals surface area contributed by atoms with Gasteiger partial charge in [-0.25, -0.2) is 0 Å². The van der Waals surface area contributed by atoms with Crippen LogP contribution < -0.4 is 0 Å². The summed E-state index contributed by atoms with van der Waals surface area (Å²) in [6.07, 6.45) is 0. The molecule has 0 aliphatic heterocycles. The molecule has 0 aliphatic rings. The Kier molecular flexibility index (Phi) is 2.93. The number of hydrogen-bond acceptors (Lipinski definition) is 0. The van der Waals surface area contributed by atoms with E-state index in [0.29, 0.717) is 10.6 Å². The van der Waals surface area contributed by atoms with Crippen molar-refractivity contribution in [1.29, 1.82) is 0 Å². The summed E-state index contributed by atoms with van der Waals surface area (Å²) in [6.45, 7) is 0. The molecule has 1 rings (SSSR count). The van der Waals surface area contributed by atoms with Crippen LogP contribution in [0.1, 0.15) is 5.56 Å². The summed E-state index contributed by atoms with van der Waals surface area (Å²) in [7, 11) is 0. The Morgan fingerprint density at radius 3 is 2.27 bits per heavy atom. The molecule has 4 heteroatoms. The average Bonchev–Trinajstić information content (AvgIpc) is 1.86. The molecular formula is C7H3Cl4. The first kappa shape index (κ1) is 9.47. The lowest BCUT2D eigenvalue weighted by molar-refractivity contribution is 1.24. The van der Waals surface area contributed by atoms with Gasteiger partial charge in [-0.1, -0.05) is 52.5 Å². The highest BCUT2D eigenvalue weighted by Gasteiger charge is 2.24. The van der Waals surface area contributed by atoms with Crippen molar-refractivity contribution in [1.82, 2.24) is 0 Å². The van der Waals surface area contributed by atoms with Crippen molar-refractivity contribution in [2.75, 3.05) is 0 Å². The van der Waals surface area contributed by atoms with E-state index in [1.807, 2.05) is 0 Å². The van der Waals surface area contributed by atoms with Crippen LogP contribution in [-0.4, -0.2) is 0 Å². The molecule has 1 aromatic rings. The fourth-order valence-electron chi connectivity index (χ4n) is 0.629. The van der Waals surface area contributed by atoms with Crippen LogP contribution in [0.25, 0.3) is 0 Å². The molecule has 1 radical (unpaired) electrons. The molecule has 0 bridgehead atoms. The van der Waals surface area contributed by atoms with Crippen molar-refractivity contribution < 1.29 is 0 Å². The standard InChI is InChI=1S/C7H3Cl4/c8-6-4-2-1-3-5(6)7(9,10)11/h2-4H. The van der Waals surface area contributed by atoms with E-state index in [-0.39, 0.29) is 0 Å². The third-order valence-electron chi connectivity index (χ3n) is 1.12. The molecule has 1 aromatic carbocycles. The Bertz CT molecular complexity index is 251. The SMILES string of the molecule is Clc1cc[c]cc1C(Cl)(Cl)Cl. The zero-order chi connectivity index (χ0) is 8.48. The summed E-state index contributed by atoms with van der Waals surface area (Å²) in [5.74, 6) is 0. The summed E-state index contributed by atoms with van der Waals surface area (Å²) >= 11 is 22.5. The zero-order valence-electron chi connectivity index (χ0n) is 5.24. The van der Waals surface area contributed by atoms with Crippen LogP contribution in [0, 0.1) is 6.07 Å². The lowest BCUT2D eigenvalue weighted by atomic mass is 10.2. The Balaban J connectivity index is 3.14. The van der Waals surface area contributed by atoms with Gasteiger partial charge in [-0.15, -0.1) is 0 Å². The molecule has 59 valence electrons. The molecule has 0 saturated carbocycles. The predicted octanol–water partition coefficient (Wildman–Crippen LogP) is 3.97. The second-order valence-electron chi connectivity index (χ2n) is 1.90. The Labute approximate surface area is 85.0 Å². The van der Waals surface area contributed by atoms with Crippen LogP contribution in [0.4, 0.5) is 0 Å². The molecule has 0 fully saturated rings. The molecule has 0 aromatic heterocycles. The van der Waals surface area contributed by atoms with Gasteiger partial charge in [0.15, 0.2) is 0 Å². The predicted molar refractivity (Wildman–Crippen MR) is 49.5 cm³/mol. The number of rotatable bonds is 0. The molecule has 0 heterocycles. The highest BCUT2D eigenvalue weighted by molar-refractivity contribution is 6.67. The Morgan fingerprint density at radius 2 is 1.91 bits per heavy atom. The first-order valence-electron chi connectivity index (χ1n) is 2.74. The summed E-state index contributed by atoms with van der Waals surface area (Å²) in [5, 5.41) is 0.434. The Hall–Kier alpha value is 0.380. The van der Waals surface area contributed by atoms with Gasteiger partial charge in [0.1, 0.15) is 0 Å². The topological polar surface area (TPSA) is 0 Å². The summed E-state index contributed by atoms with van der Waals surface area (Å²) < 4.78 is -1.46. The van der Waals surface area contributed by atoms with Crippen LogP contribution in [0.5, 0.6) is 0 Å². The van der Waals surface area contributed by atoms with Crippen LogP contribution in [0.15, 0.2) is 18.2 Å². The number of hydrogen-bond donors (Lipinski definition) is 0. The van der Waals surface area contributed by atoms with Crippen molar-refractivity contribution in [3.63, 3.8) is 0 Å². The van der Waals surface area contributed by atoms with E-state index in [9.17, 15) is 0 Å². The minimum atomic E-state index is -1.46. The maximum absolute atomic E-state index is 5.74. The van der Waals surface area contributed by atoms with Crippen molar-refractivity contribution in [2.24, 2.45) is 0 Å². The second kappa shape index (κ2) is 3.40. The van der Waals surface area contributed by atoms with Gasteiger partial charge in [-0.3, -0.25) is 0 Å². The van der Waals surface area contributed by atoms with E-state index in [1.54, 1.807) is 18.2 Å². The molecular weight excluding hydrogens is 226 g/mol. The van der Waals surface area contributed by atoms with Crippen LogP contribution >= 0.6 is 46.4 Å². The van der Waals surface area contributed by atoms with Gasteiger partial charge in [0, 0.05) is 10.6 Å². The van der Waals surface area contributed by atoms with E-state index >= 15 is 0 Å². The highest BCUT2D eigenvalue weighted by atomic mass is 35.6. The number of benzene rings is 1. The van der Waals surface area contributed by atoms with Gasteiger partial charge in [0.25, 0.3) is 0 Å². The van der Waals surface area contributed by atoms with Crippen LogP contribution in [0.2, 0.25) is 5.02 Å². The van der Waals surface area contributed by atoms with Crippen LogP contribution in [-0.2, 0) is 3.79 Å². The quantitative estimate of drug-likeness (QED) is 0.590. The summed E-state index contributed by atoms with van der Waals surface area (Å²) in [6, 6.07) is 7.60. The normalized spacial score (nSPS) is 11.6. The third-order valence-corrected chi connectivity index (χ3v) is 2.06. The van der Waals surface area contributed by atoms with E-state index in [2.05, 4.69) is 6.07 Å². The number of halogens is 4. The van der Waals surface area contributed by atoms with Gasteiger partial charge in [0.05, 0.1) is 0 Å². The monoisotopic (exact) mass is 227 g/mol. The van der Waals surface area contributed by atoms with Crippen molar-refractivity contribution in [2.45, 2.75) is 3.79 Å². The first-order valence-corrected chi connectivity index (χ1v) is 4.26. The zero-order valence-corrected chi connectivity index (χ0v) is 8.27. The lowest BCUT2D eigenvalue weighted by Gasteiger charge is -2.11. The lowest BCUT2D eigenvalue weighted by Crippen LogP contribution is -2.00. The molecule has 0 nitrogen and oxygen atoms in total. The van der Waals surface area contributed by atoms with Crippen LogP contribution in [0.3, 0.4) is 0 Å². The molecule has 0 unspecified atom stereocenters.